The Bertz CT molecular complexity index is 837. The first-order valence-electron chi connectivity index (χ1n) is 7.92. The molecule has 5 fully saturated rings. The van der Waals surface area contributed by atoms with E-state index in [2.05, 4.69) is 0 Å². The van der Waals surface area contributed by atoms with Gasteiger partial charge in [0.25, 0.3) is 11.8 Å². The van der Waals surface area contributed by atoms with Gasteiger partial charge in [-0.05, 0) is 25.5 Å². The summed E-state index contributed by atoms with van der Waals surface area (Å²) in [5, 5.41) is 0. The molecule has 6 rings (SSSR count). The van der Waals surface area contributed by atoms with E-state index in [1.165, 1.54) is 11.8 Å². The number of rotatable bonds is 2. The van der Waals surface area contributed by atoms with E-state index in [9.17, 15) is 19.2 Å². The fraction of sp³-hybridized carbons (Fsp3) is 0.412. The van der Waals surface area contributed by atoms with Gasteiger partial charge in [0.1, 0.15) is 5.92 Å². The number of anilines is 1. The second-order valence-corrected chi connectivity index (χ2v) is 6.74. The van der Waals surface area contributed by atoms with Gasteiger partial charge in [0.2, 0.25) is 11.5 Å². The van der Waals surface area contributed by atoms with Crippen molar-refractivity contribution in [2.45, 2.75) is 30.6 Å². The van der Waals surface area contributed by atoms with Crippen LogP contribution in [0.5, 0.6) is 0 Å². The van der Waals surface area contributed by atoms with Gasteiger partial charge in [-0.25, -0.2) is 4.90 Å². The van der Waals surface area contributed by atoms with E-state index >= 15 is 0 Å². The van der Waals surface area contributed by atoms with Crippen LogP contribution >= 0.6 is 0 Å². The zero-order valence-corrected chi connectivity index (χ0v) is 12.9. The topological polar surface area (TPSA) is 84.0 Å². The Morgan fingerprint density at radius 3 is 2.46 bits per heavy atom. The van der Waals surface area contributed by atoms with Crippen molar-refractivity contribution < 1.29 is 23.9 Å². The normalized spacial score (nSPS) is 39.1. The molecule has 7 nitrogen and oxygen atoms in total. The maximum atomic E-state index is 13.1. The summed E-state index contributed by atoms with van der Waals surface area (Å²) in [5.74, 6) is -3.04. The van der Waals surface area contributed by atoms with Crippen molar-refractivity contribution in [3.05, 3.63) is 30.3 Å². The first-order chi connectivity index (χ1) is 11.5. The third-order valence-electron chi connectivity index (χ3n) is 5.80. The monoisotopic (exact) mass is 326 g/mol. The number of para-hydroxylation sites is 1. The van der Waals surface area contributed by atoms with Gasteiger partial charge in [0.15, 0.2) is 11.4 Å². The van der Waals surface area contributed by atoms with Crippen LogP contribution < -0.4 is 4.90 Å². The van der Waals surface area contributed by atoms with Gasteiger partial charge in [-0.3, -0.25) is 19.2 Å². The number of benzene rings is 1. The Morgan fingerprint density at radius 2 is 1.88 bits per heavy atom. The molecule has 0 N–H and O–H groups in total. The highest BCUT2D eigenvalue weighted by Gasteiger charge is 2.89. The standard InChI is InChI=1S/C17H14N2O5/c1-9(20)16-12-13(21)19(10-5-3-2-4-6-10)15(23)17(12,24-16)11-7-8-18(11)14(16)22/h2-6,11-12H,7-8H2,1H3. The minimum Gasteiger partial charge on any atom is -0.337 e. The number of carbonyl (C=O) groups is 4. The van der Waals surface area contributed by atoms with Crippen molar-refractivity contribution in [3.8, 4) is 0 Å². The second kappa shape index (κ2) is 3.92. The lowest BCUT2D eigenvalue weighted by atomic mass is 9.57. The first-order valence-corrected chi connectivity index (χ1v) is 7.92. The van der Waals surface area contributed by atoms with Gasteiger partial charge in [-0.1, -0.05) is 18.2 Å². The third kappa shape index (κ3) is 1.13. The zero-order chi connectivity index (χ0) is 16.9. The number of hydrogen-bond donors (Lipinski definition) is 0. The summed E-state index contributed by atoms with van der Waals surface area (Å²) >= 11 is 0. The highest BCUT2D eigenvalue weighted by Crippen LogP contribution is 2.63. The van der Waals surface area contributed by atoms with E-state index in [1.54, 1.807) is 30.3 Å². The highest BCUT2D eigenvalue weighted by atomic mass is 16.6. The largest absolute Gasteiger partial charge is 0.337 e. The van der Waals surface area contributed by atoms with E-state index in [4.69, 9.17) is 4.74 Å². The van der Waals surface area contributed by atoms with Gasteiger partial charge in [0.05, 0.1) is 11.7 Å². The molecule has 7 heteroatoms. The van der Waals surface area contributed by atoms with E-state index in [1.807, 2.05) is 0 Å². The molecule has 2 bridgehead atoms. The van der Waals surface area contributed by atoms with Crippen molar-refractivity contribution in [1.82, 2.24) is 4.90 Å². The predicted molar refractivity (Wildman–Crippen MR) is 79.8 cm³/mol. The van der Waals surface area contributed by atoms with Crippen molar-refractivity contribution in [1.29, 1.82) is 0 Å². The van der Waals surface area contributed by atoms with E-state index in [0.717, 1.165) is 4.90 Å². The molecule has 5 saturated heterocycles. The minimum atomic E-state index is -1.83. The van der Waals surface area contributed by atoms with Crippen molar-refractivity contribution in [3.63, 3.8) is 0 Å². The van der Waals surface area contributed by atoms with Crippen LogP contribution in [0.3, 0.4) is 0 Å². The molecule has 122 valence electrons. The number of piperidine rings is 1. The maximum absolute atomic E-state index is 13.1. The van der Waals surface area contributed by atoms with Crippen LogP contribution in [0.25, 0.3) is 0 Å². The fourth-order valence-electron chi connectivity index (χ4n) is 4.66. The lowest BCUT2D eigenvalue weighted by molar-refractivity contribution is -0.322. The molecule has 4 atom stereocenters. The van der Waals surface area contributed by atoms with Gasteiger partial charge in [-0.15, -0.1) is 0 Å². The van der Waals surface area contributed by atoms with Crippen LogP contribution in [0.4, 0.5) is 5.69 Å². The van der Waals surface area contributed by atoms with E-state index < -0.39 is 46.7 Å². The second-order valence-electron chi connectivity index (χ2n) is 6.74. The summed E-state index contributed by atoms with van der Waals surface area (Å²) in [4.78, 5) is 53.7. The average molecular weight is 326 g/mol. The summed E-state index contributed by atoms with van der Waals surface area (Å²) in [7, 11) is 0. The molecule has 0 aliphatic carbocycles. The molecule has 0 saturated carbocycles. The summed E-state index contributed by atoms with van der Waals surface area (Å²) in [6.45, 7) is 1.73. The van der Waals surface area contributed by atoms with Crippen molar-refractivity contribution in [2.24, 2.45) is 5.92 Å². The minimum absolute atomic E-state index is 0.433. The predicted octanol–water partition coefficient (Wildman–Crippen LogP) is -0.113. The number of ketones is 1. The average Bonchev–Trinajstić information content (AvgIpc) is 2.64. The van der Waals surface area contributed by atoms with E-state index in [0.29, 0.717) is 18.7 Å². The molecule has 3 amide bonds. The smallest absolute Gasteiger partial charge is 0.269 e. The lowest BCUT2D eigenvalue weighted by Crippen LogP contribution is -2.91. The molecule has 5 heterocycles. The van der Waals surface area contributed by atoms with Crippen molar-refractivity contribution in [2.75, 3.05) is 11.4 Å². The number of ether oxygens (including phenoxy) is 1. The Labute approximate surface area is 137 Å². The molecule has 24 heavy (non-hydrogen) atoms. The number of Topliss-reactive ketones (excluding diaryl/α,β-unsaturated/α-hetero) is 1. The Balaban J connectivity index is 1.70. The molecule has 0 radical (unpaired) electrons. The Kier molecular flexibility index (Phi) is 2.26. The van der Waals surface area contributed by atoms with E-state index in [-0.39, 0.29) is 0 Å². The maximum Gasteiger partial charge on any atom is 0.269 e. The van der Waals surface area contributed by atoms with Gasteiger partial charge in [-0.2, -0.15) is 0 Å². The fourth-order valence-corrected chi connectivity index (χ4v) is 4.66. The van der Waals surface area contributed by atoms with Crippen LogP contribution in [-0.4, -0.2) is 52.2 Å². The first kappa shape index (κ1) is 13.9. The Hall–Kier alpha value is -2.54. The zero-order valence-electron chi connectivity index (χ0n) is 12.9. The van der Waals surface area contributed by atoms with Crippen LogP contribution in [0.15, 0.2) is 30.3 Å². The number of carbonyl (C=O) groups excluding carboxylic acids is 4. The number of amides is 3. The van der Waals surface area contributed by atoms with Crippen molar-refractivity contribution >= 4 is 29.2 Å². The summed E-state index contributed by atoms with van der Waals surface area (Å²) < 4.78 is 5.76. The summed E-state index contributed by atoms with van der Waals surface area (Å²) in [6, 6.07) is 8.08. The van der Waals surface area contributed by atoms with Crippen LogP contribution in [0.1, 0.15) is 13.3 Å². The molecule has 5 aliphatic rings. The lowest BCUT2D eigenvalue weighted by Gasteiger charge is -2.67. The highest BCUT2D eigenvalue weighted by molar-refractivity contribution is 6.32. The molecule has 5 aliphatic heterocycles. The summed E-state index contributed by atoms with van der Waals surface area (Å²) in [5.41, 5.74) is -2.79. The molecule has 1 aromatic carbocycles. The molecule has 4 unspecified atom stereocenters. The van der Waals surface area contributed by atoms with Gasteiger partial charge >= 0.3 is 0 Å². The number of morpholine rings is 1. The molecule has 1 spiro atoms. The third-order valence-corrected chi connectivity index (χ3v) is 5.80. The quantitative estimate of drug-likeness (QED) is 0.559. The molecular formula is C17H14N2O5. The molecule has 0 aromatic heterocycles. The molecule has 1 aromatic rings. The Morgan fingerprint density at radius 1 is 1.17 bits per heavy atom. The van der Waals surface area contributed by atoms with Gasteiger partial charge in [0, 0.05) is 6.54 Å². The van der Waals surface area contributed by atoms with Crippen LogP contribution in [0, 0.1) is 5.92 Å². The van der Waals surface area contributed by atoms with Crippen LogP contribution in [0.2, 0.25) is 0 Å². The SMILES string of the molecule is CC(=O)C12OC3(C(=O)N(c4ccccc4)C(=O)C13)C1CCN1C2=O. The molecular weight excluding hydrogens is 312 g/mol. The number of hydrogen-bond acceptors (Lipinski definition) is 5. The summed E-state index contributed by atoms with van der Waals surface area (Å²) in [6.07, 6.45) is 0.595. The number of nitrogens with zero attached hydrogens (tertiary/aromatic N) is 2. The van der Waals surface area contributed by atoms with Gasteiger partial charge < -0.3 is 9.64 Å². The number of imide groups is 1. The van der Waals surface area contributed by atoms with Crippen LogP contribution in [-0.2, 0) is 23.9 Å².